The van der Waals surface area contributed by atoms with E-state index in [1.165, 1.54) is 12.0 Å². The quantitative estimate of drug-likeness (QED) is 0.0848. The Balaban J connectivity index is 0.857. The number of piperidine rings is 1. The van der Waals surface area contributed by atoms with Crippen LogP contribution >= 0.6 is 0 Å². The van der Waals surface area contributed by atoms with Gasteiger partial charge in [-0.3, -0.25) is 33.9 Å². The number of carbonyl (C=O) groups excluding carboxylic acids is 5. The predicted molar refractivity (Wildman–Crippen MR) is 214 cm³/mol. The minimum absolute atomic E-state index is 0.0524. The molecule has 0 bridgehead atoms. The molecule has 5 amide bonds. The highest BCUT2D eigenvalue weighted by Gasteiger charge is 2.41. The van der Waals surface area contributed by atoms with Crippen molar-refractivity contribution in [2.45, 2.75) is 76.5 Å². The van der Waals surface area contributed by atoms with Gasteiger partial charge in [0.15, 0.2) is 12.1 Å². The summed E-state index contributed by atoms with van der Waals surface area (Å²) in [6, 6.07) is 9.39. The molecule has 1 saturated carbocycles. The standard InChI is InChI=1S/C41H43N11O7/c1-4-29-35-36(42-2)45-22-51(35)31-19-44-41(49-37(31)52(29)24-8-5-6-9-24)47-28-13-12-23(18-32(28)58-3)38(55)43-16-17-59-21-34(54)46-27-11-7-10-25-26(27)20-50(40(25)57)30-14-15-33(53)48-39(30)56/h7,10-13,18-19,22,24,29-30H,4-6,8-9,14-17,20-21H2,1,3H3,(H,43,55)(H,46,54)(H,44,47,49)(H,48,53,56)/t29-,30?/m1/s1. The van der Waals surface area contributed by atoms with Gasteiger partial charge in [-0.2, -0.15) is 4.98 Å². The number of amides is 5. The van der Waals surface area contributed by atoms with Gasteiger partial charge in [0.25, 0.3) is 17.6 Å². The van der Waals surface area contributed by atoms with Crippen LogP contribution in [0.1, 0.15) is 89.9 Å². The van der Waals surface area contributed by atoms with Gasteiger partial charge in [-0.1, -0.05) is 32.4 Å². The summed E-state index contributed by atoms with van der Waals surface area (Å²) in [5, 5.41) is 11.1. The molecule has 0 radical (unpaired) electrons. The summed E-state index contributed by atoms with van der Waals surface area (Å²) in [5.41, 5.74) is 3.93. The summed E-state index contributed by atoms with van der Waals surface area (Å²) in [6.45, 7) is 9.84. The summed E-state index contributed by atoms with van der Waals surface area (Å²) >= 11 is 0. The van der Waals surface area contributed by atoms with Gasteiger partial charge in [0.05, 0.1) is 37.3 Å². The van der Waals surface area contributed by atoms with Crippen molar-refractivity contribution in [3.8, 4) is 11.4 Å². The number of imide groups is 1. The first kappa shape index (κ1) is 39.0. The highest BCUT2D eigenvalue weighted by atomic mass is 16.5. The van der Waals surface area contributed by atoms with Gasteiger partial charge in [-0.15, -0.1) is 4.98 Å². The molecular weight excluding hydrogens is 759 g/mol. The molecule has 2 aromatic carbocycles. The van der Waals surface area contributed by atoms with E-state index >= 15 is 0 Å². The van der Waals surface area contributed by atoms with Crippen LogP contribution < -0.4 is 30.9 Å². The Morgan fingerprint density at radius 3 is 2.66 bits per heavy atom. The molecule has 2 aromatic heterocycles. The van der Waals surface area contributed by atoms with E-state index < -0.39 is 17.9 Å². The number of nitrogens with one attached hydrogen (secondary N) is 4. The zero-order valence-electron chi connectivity index (χ0n) is 32.6. The molecule has 1 saturated heterocycles. The third-order valence-corrected chi connectivity index (χ3v) is 11.2. The first-order valence-corrected chi connectivity index (χ1v) is 19.7. The van der Waals surface area contributed by atoms with Gasteiger partial charge in [0.2, 0.25) is 23.7 Å². The van der Waals surface area contributed by atoms with E-state index in [1.54, 1.807) is 48.9 Å². The van der Waals surface area contributed by atoms with Crippen LogP contribution in [-0.4, -0.2) is 92.9 Å². The average molecular weight is 802 g/mol. The number of aromatic nitrogens is 4. The minimum atomic E-state index is -0.767. The van der Waals surface area contributed by atoms with Gasteiger partial charge >= 0.3 is 0 Å². The maximum Gasteiger partial charge on any atom is 0.293 e. The molecule has 304 valence electrons. The summed E-state index contributed by atoms with van der Waals surface area (Å²) < 4.78 is 13.1. The zero-order valence-corrected chi connectivity index (χ0v) is 32.6. The fourth-order valence-corrected chi connectivity index (χ4v) is 8.45. The van der Waals surface area contributed by atoms with E-state index in [9.17, 15) is 24.0 Å². The summed E-state index contributed by atoms with van der Waals surface area (Å²) in [4.78, 5) is 84.5. The molecule has 4 aromatic rings. The number of nitrogens with zero attached hydrogens (tertiary/aromatic N) is 7. The number of fused-ring (bicyclic) bond motifs is 4. The Morgan fingerprint density at radius 1 is 1.07 bits per heavy atom. The smallest absolute Gasteiger partial charge is 0.293 e. The molecule has 2 atom stereocenters. The van der Waals surface area contributed by atoms with Crippen LogP contribution in [0.2, 0.25) is 0 Å². The van der Waals surface area contributed by atoms with Crippen molar-refractivity contribution in [2.75, 3.05) is 42.4 Å². The molecular formula is C41H43N11O7. The van der Waals surface area contributed by atoms with Crippen LogP contribution in [0.15, 0.2) is 48.9 Å². The highest BCUT2D eigenvalue weighted by molar-refractivity contribution is 6.07. The van der Waals surface area contributed by atoms with Crippen molar-refractivity contribution < 1.29 is 33.4 Å². The third kappa shape index (κ3) is 7.52. The molecule has 18 heteroatoms. The summed E-state index contributed by atoms with van der Waals surface area (Å²) in [5.74, 6) is -0.117. The van der Waals surface area contributed by atoms with E-state index in [4.69, 9.17) is 21.0 Å². The molecule has 8 rings (SSSR count). The molecule has 4 aliphatic rings. The van der Waals surface area contributed by atoms with Crippen molar-refractivity contribution in [2.24, 2.45) is 0 Å². The number of methoxy groups -OCH3 is 1. The van der Waals surface area contributed by atoms with Crippen LogP contribution in [0, 0.1) is 6.57 Å². The van der Waals surface area contributed by atoms with E-state index in [1.807, 2.05) is 4.57 Å². The van der Waals surface area contributed by atoms with Crippen molar-refractivity contribution in [3.05, 3.63) is 82.7 Å². The number of rotatable bonds is 13. The SMILES string of the molecule is [C-]#[N+]c1ncn2c1[C@@H](CC)N(C1CCCC1)c1nc(Nc3ccc(C(=O)NCCOCC(=O)Nc4cccc5c4CN(C4CCC(=O)NC4=O)C5=O)cc3OC)ncc1-2. The van der Waals surface area contributed by atoms with E-state index in [0.29, 0.717) is 45.6 Å². The second-order valence-electron chi connectivity index (χ2n) is 14.7. The Morgan fingerprint density at radius 2 is 1.90 bits per heavy atom. The number of benzene rings is 2. The largest absolute Gasteiger partial charge is 0.495 e. The van der Waals surface area contributed by atoms with Gasteiger partial charge in [-0.05, 0) is 56.0 Å². The van der Waals surface area contributed by atoms with Crippen LogP contribution in [0.25, 0.3) is 10.5 Å². The Hall–Kier alpha value is -6.87. The van der Waals surface area contributed by atoms with E-state index in [-0.39, 0.29) is 69.0 Å². The number of ether oxygens (including phenoxy) is 2. The zero-order chi connectivity index (χ0) is 41.2. The highest BCUT2D eigenvalue weighted by Crippen LogP contribution is 2.46. The predicted octanol–water partition coefficient (Wildman–Crippen LogP) is 4.33. The number of imidazole rings is 1. The lowest BCUT2D eigenvalue weighted by molar-refractivity contribution is -0.137. The second-order valence-corrected chi connectivity index (χ2v) is 14.7. The van der Waals surface area contributed by atoms with Crippen molar-refractivity contribution >= 4 is 58.5 Å². The van der Waals surface area contributed by atoms with Crippen LogP contribution in [0.5, 0.6) is 5.75 Å². The Bertz CT molecular complexity index is 2380. The third-order valence-electron chi connectivity index (χ3n) is 11.2. The minimum Gasteiger partial charge on any atom is -0.495 e. The number of hydrogen-bond acceptors (Lipinski definition) is 12. The van der Waals surface area contributed by atoms with Gasteiger partial charge < -0.3 is 40.1 Å². The molecule has 1 aliphatic carbocycles. The lowest BCUT2D eigenvalue weighted by Gasteiger charge is -2.42. The maximum absolute atomic E-state index is 13.1. The summed E-state index contributed by atoms with van der Waals surface area (Å²) in [6.07, 6.45) is 8.93. The monoisotopic (exact) mass is 801 g/mol. The lowest BCUT2D eigenvalue weighted by Crippen LogP contribution is -2.52. The summed E-state index contributed by atoms with van der Waals surface area (Å²) in [7, 11) is 1.51. The number of anilines is 4. The molecule has 18 nitrogen and oxygen atoms in total. The van der Waals surface area contributed by atoms with Gasteiger partial charge in [-0.25, -0.2) is 4.98 Å². The average Bonchev–Trinajstić information content (AvgIpc) is 4.00. The topological polar surface area (TPSA) is 206 Å². The van der Waals surface area contributed by atoms with E-state index in [0.717, 1.165) is 49.3 Å². The molecule has 2 fully saturated rings. The fraction of sp³-hybridized carbons (Fsp3) is 0.390. The van der Waals surface area contributed by atoms with Gasteiger partial charge in [0.1, 0.15) is 24.1 Å². The number of hydrogen-bond donors (Lipinski definition) is 4. The fourth-order valence-electron chi connectivity index (χ4n) is 8.45. The Labute approximate surface area is 339 Å². The van der Waals surface area contributed by atoms with Crippen LogP contribution in [0.3, 0.4) is 0 Å². The normalized spacial score (nSPS) is 18.4. The van der Waals surface area contributed by atoms with Crippen molar-refractivity contribution in [1.82, 2.24) is 35.1 Å². The maximum atomic E-state index is 13.1. The van der Waals surface area contributed by atoms with E-state index in [2.05, 4.69) is 47.9 Å². The molecule has 5 heterocycles. The Kier molecular flexibility index (Phi) is 10.9. The first-order valence-electron chi connectivity index (χ1n) is 19.7. The second kappa shape index (κ2) is 16.5. The first-order chi connectivity index (χ1) is 28.7. The molecule has 3 aliphatic heterocycles. The van der Waals surface area contributed by atoms with Crippen LogP contribution in [-0.2, 0) is 25.7 Å². The molecule has 4 N–H and O–H groups in total. The van der Waals surface area contributed by atoms with Crippen molar-refractivity contribution in [3.63, 3.8) is 0 Å². The molecule has 0 spiro atoms. The number of carbonyl (C=O) groups is 5. The molecule has 1 unspecified atom stereocenters. The van der Waals surface area contributed by atoms with Crippen molar-refractivity contribution in [1.29, 1.82) is 0 Å². The molecule has 59 heavy (non-hydrogen) atoms. The lowest BCUT2D eigenvalue weighted by atomic mass is 10.0. The van der Waals surface area contributed by atoms with Crippen LogP contribution in [0.4, 0.5) is 29.0 Å². The van der Waals surface area contributed by atoms with Gasteiger partial charge in [0, 0.05) is 47.9 Å².